The van der Waals surface area contributed by atoms with Gasteiger partial charge >= 0.3 is 0 Å². The topological polar surface area (TPSA) is 95.6 Å². The Morgan fingerprint density at radius 3 is 2.56 bits per heavy atom. The normalized spacial score (nSPS) is 15.7. The number of benzene rings is 1. The Hall–Kier alpha value is -1.93. The summed E-state index contributed by atoms with van der Waals surface area (Å²) in [5.74, 6) is -0.266. The lowest BCUT2D eigenvalue weighted by molar-refractivity contribution is -0.135. The van der Waals surface area contributed by atoms with Crippen molar-refractivity contribution in [1.29, 1.82) is 0 Å². The minimum absolute atomic E-state index is 0.00715. The first-order chi connectivity index (χ1) is 11.9. The largest absolute Gasteiger partial charge is 0.353 e. The van der Waals surface area contributed by atoms with Gasteiger partial charge in [-0.05, 0) is 31.9 Å². The molecule has 0 radical (unpaired) electrons. The molecule has 25 heavy (non-hydrogen) atoms. The fourth-order valence-electron chi connectivity index (χ4n) is 2.62. The van der Waals surface area contributed by atoms with E-state index < -0.39 is 10.0 Å². The van der Waals surface area contributed by atoms with Gasteiger partial charge in [0.05, 0.1) is 11.4 Å². The van der Waals surface area contributed by atoms with Crippen LogP contribution in [-0.4, -0.2) is 51.3 Å². The van der Waals surface area contributed by atoms with Crippen LogP contribution in [0.5, 0.6) is 0 Å². The molecule has 2 amide bonds. The summed E-state index contributed by atoms with van der Waals surface area (Å²) < 4.78 is 26.7. The summed E-state index contributed by atoms with van der Waals surface area (Å²) in [6, 6.07) is 6.55. The van der Waals surface area contributed by atoms with Crippen molar-refractivity contribution in [2.75, 3.05) is 26.2 Å². The van der Waals surface area contributed by atoms with Crippen molar-refractivity contribution < 1.29 is 18.0 Å². The zero-order chi connectivity index (χ0) is 18.3. The predicted molar refractivity (Wildman–Crippen MR) is 94.4 cm³/mol. The lowest BCUT2D eigenvalue weighted by Gasteiger charge is -2.19. The van der Waals surface area contributed by atoms with E-state index in [-0.39, 0.29) is 36.3 Å². The number of hydrogen-bond acceptors (Lipinski definition) is 4. The van der Waals surface area contributed by atoms with Gasteiger partial charge in [-0.3, -0.25) is 9.59 Å². The first-order valence-corrected chi connectivity index (χ1v) is 9.97. The number of hydrogen-bond donors (Lipinski definition) is 2. The minimum Gasteiger partial charge on any atom is -0.353 e. The summed E-state index contributed by atoms with van der Waals surface area (Å²) >= 11 is 0. The van der Waals surface area contributed by atoms with Crippen molar-refractivity contribution in [1.82, 2.24) is 14.9 Å². The average molecular weight is 367 g/mol. The molecule has 1 heterocycles. The van der Waals surface area contributed by atoms with Gasteiger partial charge in [-0.15, -0.1) is 0 Å². The molecule has 0 spiro atoms. The van der Waals surface area contributed by atoms with E-state index in [4.69, 9.17) is 0 Å². The van der Waals surface area contributed by atoms with E-state index >= 15 is 0 Å². The van der Waals surface area contributed by atoms with Crippen LogP contribution in [0.3, 0.4) is 0 Å². The van der Waals surface area contributed by atoms with E-state index in [0.717, 1.165) is 24.8 Å². The molecular formula is C17H25N3O4S. The highest BCUT2D eigenvalue weighted by Gasteiger charge is 2.19. The SMILES string of the molecule is Cc1ccc(S(=O)(=O)NCCNC(=O)CN2CCCCCC2=O)cc1. The number of nitrogens with one attached hydrogen (secondary N) is 2. The highest BCUT2D eigenvalue weighted by atomic mass is 32.2. The van der Waals surface area contributed by atoms with E-state index in [1.165, 1.54) is 0 Å². The molecule has 1 aromatic carbocycles. The van der Waals surface area contributed by atoms with E-state index in [1.54, 1.807) is 29.2 Å². The zero-order valence-corrected chi connectivity index (χ0v) is 15.3. The van der Waals surface area contributed by atoms with Crippen LogP contribution in [0.2, 0.25) is 0 Å². The van der Waals surface area contributed by atoms with Crippen LogP contribution in [0, 0.1) is 6.92 Å². The van der Waals surface area contributed by atoms with E-state index in [9.17, 15) is 18.0 Å². The Bertz CT molecular complexity index is 701. The first-order valence-electron chi connectivity index (χ1n) is 8.49. The van der Waals surface area contributed by atoms with Crippen LogP contribution in [0.4, 0.5) is 0 Å². The lowest BCUT2D eigenvalue weighted by atomic mass is 10.2. The first kappa shape index (κ1) is 19.4. The molecule has 0 aliphatic carbocycles. The molecule has 2 rings (SSSR count). The van der Waals surface area contributed by atoms with Crippen molar-refractivity contribution in [3.05, 3.63) is 29.8 Å². The number of aryl methyl sites for hydroxylation is 1. The second-order valence-electron chi connectivity index (χ2n) is 6.19. The van der Waals surface area contributed by atoms with Gasteiger partial charge in [0.1, 0.15) is 0 Å². The fourth-order valence-corrected chi connectivity index (χ4v) is 3.65. The van der Waals surface area contributed by atoms with Gasteiger partial charge in [0.2, 0.25) is 21.8 Å². The van der Waals surface area contributed by atoms with Crippen molar-refractivity contribution in [3.8, 4) is 0 Å². The quantitative estimate of drug-likeness (QED) is 0.697. The zero-order valence-electron chi connectivity index (χ0n) is 14.5. The molecule has 0 atom stereocenters. The maximum absolute atomic E-state index is 12.1. The molecule has 0 unspecified atom stereocenters. The number of nitrogens with zero attached hydrogens (tertiary/aromatic N) is 1. The molecule has 0 aromatic heterocycles. The van der Waals surface area contributed by atoms with Gasteiger partial charge in [0.15, 0.2) is 0 Å². The van der Waals surface area contributed by atoms with Gasteiger partial charge in [-0.2, -0.15) is 0 Å². The molecule has 0 saturated carbocycles. The molecule has 0 bridgehead atoms. The average Bonchev–Trinajstić information content (AvgIpc) is 2.77. The third-order valence-electron chi connectivity index (χ3n) is 4.08. The molecular weight excluding hydrogens is 342 g/mol. The molecule has 1 aliphatic rings. The third kappa shape index (κ3) is 6.13. The van der Waals surface area contributed by atoms with Crippen LogP contribution in [-0.2, 0) is 19.6 Å². The number of carbonyl (C=O) groups excluding carboxylic acids is 2. The number of carbonyl (C=O) groups is 2. The van der Waals surface area contributed by atoms with Crippen molar-refractivity contribution >= 4 is 21.8 Å². The molecule has 1 fully saturated rings. The third-order valence-corrected chi connectivity index (χ3v) is 5.55. The van der Waals surface area contributed by atoms with Crippen LogP contribution in [0.1, 0.15) is 31.2 Å². The summed E-state index contributed by atoms with van der Waals surface area (Å²) in [5, 5.41) is 2.64. The second kappa shape index (κ2) is 8.96. The Kier molecular flexibility index (Phi) is 6.95. The molecule has 8 heteroatoms. The van der Waals surface area contributed by atoms with Crippen molar-refractivity contribution in [3.63, 3.8) is 0 Å². The van der Waals surface area contributed by atoms with Crippen molar-refractivity contribution in [2.45, 2.75) is 37.5 Å². The Morgan fingerprint density at radius 2 is 1.84 bits per heavy atom. The standard InChI is InChI=1S/C17H25N3O4S/c1-14-6-8-15(9-7-14)25(23,24)19-11-10-18-16(21)13-20-12-4-2-3-5-17(20)22/h6-9,19H,2-5,10-13H2,1H3,(H,18,21). The van der Waals surface area contributed by atoms with Crippen LogP contribution >= 0.6 is 0 Å². The maximum Gasteiger partial charge on any atom is 0.240 e. The molecule has 138 valence electrons. The van der Waals surface area contributed by atoms with Crippen LogP contribution in [0.25, 0.3) is 0 Å². The van der Waals surface area contributed by atoms with Gasteiger partial charge in [-0.25, -0.2) is 13.1 Å². The highest BCUT2D eigenvalue weighted by Crippen LogP contribution is 2.11. The summed E-state index contributed by atoms with van der Waals surface area (Å²) in [6.45, 7) is 2.78. The van der Waals surface area contributed by atoms with Gasteiger partial charge in [0.25, 0.3) is 0 Å². The smallest absolute Gasteiger partial charge is 0.240 e. The monoisotopic (exact) mass is 367 g/mol. The summed E-state index contributed by atoms with van der Waals surface area (Å²) in [7, 11) is -3.58. The molecule has 1 aromatic rings. The Morgan fingerprint density at radius 1 is 1.12 bits per heavy atom. The van der Waals surface area contributed by atoms with Crippen LogP contribution < -0.4 is 10.0 Å². The molecule has 2 N–H and O–H groups in total. The highest BCUT2D eigenvalue weighted by molar-refractivity contribution is 7.89. The number of sulfonamides is 1. The van der Waals surface area contributed by atoms with Crippen LogP contribution in [0.15, 0.2) is 29.2 Å². The number of amides is 2. The summed E-state index contributed by atoms with van der Waals surface area (Å²) in [5.41, 5.74) is 0.981. The summed E-state index contributed by atoms with van der Waals surface area (Å²) in [6.07, 6.45) is 3.28. The molecule has 1 saturated heterocycles. The summed E-state index contributed by atoms with van der Waals surface area (Å²) in [4.78, 5) is 25.5. The number of likely N-dealkylation sites (tertiary alicyclic amines) is 1. The van der Waals surface area contributed by atoms with Crippen molar-refractivity contribution in [2.24, 2.45) is 0 Å². The minimum atomic E-state index is -3.58. The second-order valence-corrected chi connectivity index (χ2v) is 7.95. The Balaban J connectivity index is 1.73. The fraction of sp³-hybridized carbons (Fsp3) is 0.529. The van der Waals surface area contributed by atoms with Gasteiger partial charge in [-0.1, -0.05) is 24.1 Å². The Labute approximate surface area is 148 Å². The predicted octanol–water partition coefficient (Wildman–Crippen LogP) is 0.792. The molecule has 1 aliphatic heterocycles. The van der Waals surface area contributed by atoms with E-state index in [0.29, 0.717) is 13.0 Å². The van der Waals surface area contributed by atoms with E-state index in [2.05, 4.69) is 10.0 Å². The van der Waals surface area contributed by atoms with E-state index in [1.807, 2.05) is 6.92 Å². The molecule has 7 nitrogen and oxygen atoms in total. The van der Waals surface area contributed by atoms with Gasteiger partial charge in [0, 0.05) is 26.1 Å². The number of rotatable bonds is 7. The maximum atomic E-state index is 12.1. The van der Waals surface area contributed by atoms with Gasteiger partial charge < -0.3 is 10.2 Å². The lowest BCUT2D eigenvalue weighted by Crippen LogP contribution is -2.42.